The Labute approximate surface area is 116 Å². The Morgan fingerprint density at radius 3 is 2.11 bits per heavy atom. The van der Waals surface area contributed by atoms with Crippen molar-refractivity contribution in [3.63, 3.8) is 0 Å². The zero-order chi connectivity index (χ0) is 14.3. The highest BCUT2D eigenvalue weighted by Crippen LogP contribution is 2.10. The standard InChI is InChI=1S/C16H26N2O/c1-4-13-7-9-14(10-8-13)11-15(19)18-12-16(17,5-2)6-3/h7-10H,4-6,11-12,17H2,1-3H3,(H,18,19). The van der Waals surface area contributed by atoms with Crippen molar-refractivity contribution in [2.45, 2.75) is 52.0 Å². The van der Waals surface area contributed by atoms with E-state index in [4.69, 9.17) is 5.73 Å². The van der Waals surface area contributed by atoms with Gasteiger partial charge in [-0.3, -0.25) is 4.79 Å². The fourth-order valence-electron chi connectivity index (χ4n) is 1.92. The van der Waals surface area contributed by atoms with Crippen LogP contribution >= 0.6 is 0 Å². The maximum absolute atomic E-state index is 11.9. The molecule has 106 valence electrons. The van der Waals surface area contributed by atoms with Crippen LogP contribution in [0.4, 0.5) is 0 Å². The SMILES string of the molecule is CCc1ccc(CC(=O)NCC(N)(CC)CC)cc1. The average molecular weight is 262 g/mol. The normalized spacial score (nSPS) is 11.4. The van der Waals surface area contributed by atoms with Crippen LogP contribution in [0, 0.1) is 0 Å². The number of hydrogen-bond acceptors (Lipinski definition) is 2. The molecule has 0 aliphatic rings. The lowest BCUT2D eigenvalue weighted by molar-refractivity contribution is -0.120. The number of hydrogen-bond donors (Lipinski definition) is 2. The molecule has 0 heterocycles. The lowest BCUT2D eigenvalue weighted by atomic mass is 9.94. The van der Waals surface area contributed by atoms with Gasteiger partial charge in [0.15, 0.2) is 0 Å². The highest BCUT2D eigenvalue weighted by atomic mass is 16.1. The van der Waals surface area contributed by atoms with Crippen LogP contribution in [0.3, 0.4) is 0 Å². The van der Waals surface area contributed by atoms with Crippen LogP contribution in [0.1, 0.15) is 44.7 Å². The molecular weight excluding hydrogens is 236 g/mol. The van der Waals surface area contributed by atoms with Gasteiger partial charge < -0.3 is 11.1 Å². The highest BCUT2D eigenvalue weighted by Gasteiger charge is 2.20. The summed E-state index contributed by atoms with van der Waals surface area (Å²) in [5.41, 5.74) is 8.23. The van der Waals surface area contributed by atoms with Crippen molar-refractivity contribution >= 4 is 5.91 Å². The maximum Gasteiger partial charge on any atom is 0.224 e. The van der Waals surface area contributed by atoms with Gasteiger partial charge in [0.25, 0.3) is 0 Å². The Morgan fingerprint density at radius 2 is 1.63 bits per heavy atom. The Kier molecular flexibility index (Phi) is 6.03. The number of amides is 1. The molecular formula is C16H26N2O. The van der Waals surface area contributed by atoms with Crippen LogP contribution in [-0.4, -0.2) is 18.0 Å². The van der Waals surface area contributed by atoms with E-state index < -0.39 is 0 Å². The molecule has 3 heteroatoms. The minimum absolute atomic E-state index is 0.0426. The highest BCUT2D eigenvalue weighted by molar-refractivity contribution is 5.78. The van der Waals surface area contributed by atoms with Crippen molar-refractivity contribution in [3.05, 3.63) is 35.4 Å². The number of nitrogens with one attached hydrogen (secondary N) is 1. The van der Waals surface area contributed by atoms with Gasteiger partial charge in [-0.25, -0.2) is 0 Å². The molecule has 0 spiro atoms. The molecule has 19 heavy (non-hydrogen) atoms. The smallest absolute Gasteiger partial charge is 0.224 e. The third-order valence-corrected chi connectivity index (χ3v) is 3.84. The van der Waals surface area contributed by atoms with Gasteiger partial charge in [-0.1, -0.05) is 45.0 Å². The third-order valence-electron chi connectivity index (χ3n) is 3.84. The van der Waals surface area contributed by atoms with E-state index >= 15 is 0 Å². The van der Waals surface area contributed by atoms with Crippen molar-refractivity contribution < 1.29 is 4.79 Å². The molecule has 0 saturated heterocycles. The zero-order valence-corrected chi connectivity index (χ0v) is 12.3. The Morgan fingerprint density at radius 1 is 1.11 bits per heavy atom. The summed E-state index contributed by atoms with van der Waals surface area (Å²) in [6, 6.07) is 8.20. The van der Waals surface area contributed by atoms with Crippen molar-refractivity contribution in [2.24, 2.45) is 5.73 Å². The summed E-state index contributed by atoms with van der Waals surface area (Å²) in [6.07, 6.45) is 3.19. The Balaban J connectivity index is 2.46. The molecule has 1 aromatic carbocycles. The first kappa shape index (κ1) is 15.7. The van der Waals surface area contributed by atoms with Gasteiger partial charge in [0, 0.05) is 12.1 Å². The molecule has 1 amide bonds. The third kappa shape index (κ3) is 5.03. The molecule has 0 aliphatic heterocycles. The molecule has 0 fully saturated rings. The van der Waals surface area contributed by atoms with Crippen molar-refractivity contribution in [1.82, 2.24) is 5.32 Å². The van der Waals surface area contributed by atoms with Crippen LogP contribution in [0.2, 0.25) is 0 Å². The lowest BCUT2D eigenvalue weighted by Crippen LogP contribution is -2.49. The van der Waals surface area contributed by atoms with Crippen LogP contribution in [0.5, 0.6) is 0 Å². The maximum atomic E-state index is 11.9. The molecule has 0 saturated carbocycles. The molecule has 1 aromatic rings. The van der Waals surface area contributed by atoms with E-state index in [0.29, 0.717) is 13.0 Å². The van der Waals surface area contributed by atoms with Crippen molar-refractivity contribution in [3.8, 4) is 0 Å². The van der Waals surface area contributed by atoms with Crippen LogP contribution in [0.25, 0.3) is 0 Å². The number of carbonyl (C=O) groups excluding carboxylic acids is 1. The van der Waals surface area contributed by atoms with Gasteiger partial charge in [0.1, 0.15) is 0 Å². The van der Waals surface area contributed by atoms with Gasteiger partial charge in [-0.2, -0.15) is 0 Å². The van der Waals surface area contributed by atoms with Crippen LogP contribution in [-0.2, 0) is 17.6 Å². The van der Waals surface area contributed by atoms with Crippen molar-refractivity contribution in [1.29, 1.82) is 0 Å². The number of carbonyl (C=O) groups is 1. The summed E-state index contributed by atoms with van der Waals surface area (Å²) in [7, 11) is 0. The summed E-state index contributed by atoms with van der Waals surface area (Å²) in [5.74, 6) is 0.0426. The van der Waals surface area contributed by atoms with E-state index in [-0.39, 0.29) is 11.4 Å². The average Bonchev–Trinajstić information content (AvgIpc) is 2.45. The van der Waals surface area contributed by atoms with Crippen LogP contribution < -0.4 is 11.1 Å². The molecule has 3 N–H and O–H groups in total. The van der Waals surface area contributed by atoms with Gasteiger partial charge in [-0.15, -0.1) is 0 Å². The first-order chi connectivity index (χ1) is 9.03. The number of nitrogens with two attached hydrogens (primary N) is 1. The monoisotopic (exact) mass is 262 g/mol. The second-order valence-electron chi connectivity index (χ2n) is 5.19. The van der Waals surface area contributed by atoms with E-state index in [1.54, 1.807) is 0 Å². The molecule has 0 unspecified atom stereocenters. The molecule has 0 radical (unpaired) electrons. The molecule has 0 aromatic heterocycles. The molecule has 1 rings (SSSR count). The van der Waals surface area contributed by atoms with Gasteiger partial charge >= 0.3 is 0 Å². The van der Waals surface area contributed by atoms with Crippen molar-refractivity contribution in [2.75, 3.05) is 6.54 Å². The Bertz CT molecular complexity index is 394. The molecule has 0 bridgehead atoms. The summed E-state index contributed by atoms with van der Waals surface area (Å²) in [5, 5.41) is 2.94. The van der Waals surface area contributed by atoms with E-state index in [9.17, 15) is 4.79 Å². The zero-order valence-electron chi connectivity index (χ0n) is 12.3. The predicted octanol–water partition coefficient (Wildman–Crippen LogP) is 2.43. The number of rotatable bonds is 7. The van der Waals surface area contributed by atoms with Gasteiger partial charge in [-0.05, 0) is 30.4 Å². The first-order valence-electron chi connectivity index (χ1n) is 7.16. The van der Waals surface area contributed by atoms with Gasteiger partial charge in [0.2, 0.25) is 5.91 Å². The molecule has 0 aliphatic carbocycles. The van der Waals surface area contributed by atoms with Crippen LogP contribution in [0.15, 0.2) is 24.3 Å². The predicted molar refractivity (Wildman–Crippen MR) is 80.0 cm³/mol. The number of benzene rings is 1. The summed E-state index contributed by atoms with van der Waals surface area (Å²) in [6.45, 7) is 6.78. The first-order valence-corrected chi connectivity index (χ1v) is 7.16. The fourth-order valence-corrected chi connectivity index (χ4v) is 1.92. The largest absolute Gasteiger partial charge is 0.354 e. The minimum Gasteiger partial charge on any atom is -0.354 e. The second kappa shape index (κ2) is 7.29. The molecule has 0 atom stereocenters. The molecule has 3 nitrogen and oxygen atoms in total. The minimum atomic E-state index is -0.276. The second-order valence-corrected chi connectivity index (χ2v) is 5.19. The van der Waals surface area contributed by atoms with E-state index in [1.165, 1.54) is 5.56 Å². The Hall–Kier alpha value is -1.35. The quantitative estimate of drug-likeness (QED) is 0.793. The van der Waals surface area contributed by atoms with Gasteiger partial charge in [0.05, 0.1) is 6.42 Å². The van der Waals surface area contributed by atoms with E-state index in [2.05, 4.69) is 38.2 Å². The summed E-state index contributed by atoms with van der Waals surface area (Å²) < 4.78 is 0. The fraction of sp³-hybridized carbons (Fsp3) is 0.562. The van der Waals surface area contributed by atoms with E-state index in [0.717, 1.165) is 24.8 Å². The summed E-state index contributed by atoms with van der Waals surface area (Å²) >= 11 is 0. The summed E-state index contributed by atoms with van der Waals surface area (Å²) in [4.78, 5) is 11.9. The lowest BCUT2D eigenvalue weighted by Gasteiger charge is -2.26. The van der Waals surface area contributed by atoms with E-state index in [1.807, 2.05) is 12.1 Å². The topological polar surface area (TPSA) is 55.1 Å². The number of aryl methyl sites for hydroxylation is 1.